The van der Waals surface area contributed by atoms with Crippen LogP contribution < -0.4 is 0 Å². The average Bonchev–Trinajstić information content (AvgIpc) is 2.14. The van der Waals surface area contributed by atoms with E-state index in [9.17, 15) is 0 Å². The fourth-order valence-corrected chi connectivity index (χ4v) is 2.03. The zero-order chi connectivity index (χ0) is 10.1. The second-order valence-corrected chi connectivity index (χ2v) is 3.89. The van der Waals surface area contributed by atoms with Crippen LogP contribution in [0, 0.1) is 0 Å². The van der Waals surface area contributed by atoms with E-state index in [1.807, 2.05) is 0 Å². The molecule has 0 aromatic heterocycles. The molecule has 0 saturated carbocycles. The summed E-state index contributed by atoms with van der Waals surface area (Å²) in [6.07, 6.45) is 6.59. The third-order valence-electron chi connectivity index (χ3n) is 2.63. The molecule has 0 rings (SSSR count). The first kappa shape index (κ1) is 13.0. The molecule has 0 N–H and O–H groups in total. The molecule has 0 heterocycles. The Bertz CT molecular complexity index is 95.3. The standard InChI is InChI=1S/C12H27N/c1-5-9-12(8-4)13(10-6-2)11-7-3/h12H,5-11H2,1-4H3. The average molecular weight is 185 g/mol. The van der Waals surface area contributed by atoms with Crippen LogP contribution in [0.25, 0.3) is 0 Å². The second-order valence-electron chi connectivity index (χ2n) is 3.89. The van der Waals surface area contributed by atoms with Crippen LogP contribution in [0.5, 0.6) is 0 Å². The van der Waals surface area contributed by atoms with E-state index in [0.29, 0.717) is 0 Å². The predicted octanol–water partition coefficient (Wildman–Crippen LogP) is 3.69. The molecule has 0 bridgehead atoms. The molecule has 1 heteroatoms. The SMILES string of the molecule is CCCC(CC)N(CCC)CCC. The molecule has 0 radical (unpaired) electrons. The maximum atomic E-state index is 2.67. The lowest BCUT2D eigenvalue weighted by molar-refractivity contribution is 0.180. The van der Waals surface area contributed by atoms with Gasteiger partial charge in [0.05, 0.1) is 0 Å². The molecule has 13 heavy (non-hydrogen) atoms. The Kier molecular flexibility index (Phi) is 8.53. The van der Waals surface area contributed by atoms with Crippen LogP contribution in [0.3, 0.4) is 0 Å². The van der Waals surface area contributed by atoms with Gasteiger partial charge in [-0.2, -0.15) is 0 Å². The van der Waals surface area contributed by atoms with Crippen LogP contribution in [-0.4, -0.2) is 24.0 Å². The van der Waals surface area contributed by atoms with Crippen molar-refractivity contribution in [1.29, 1.82) is 0 Å². The maximum absolute atomic E-state index is 2.67. The minimum absolute atomic E-state index is 0.838. The molecule has 0 spiro atoms. The van der Waals surface area contributed by atoms with Crippen molar-refractivity contribution in [2.75, 3.05) is 13.1 Å². The topological polar surface area (TPSA) is 3.24 Å². The Balaban J connectivity index is 3.94. The van der Waals surface area contributed by atoms with Crippen molar-refractivity contribution in [3.63, 3.8) is 0 Å². The van der Waals surface area contributed by atoms with Gasteiger partial charge in [0.2, 0.25) is 0 Å². The van der Waals surface area contributed by atoms with E-state index < -0.39 is 0 Å². The zero-order valence-electron chi connectivity index (χ0n) is 9.97. The van der Waals surface area contributed by atoms with Crippen LogP contribution in [0.15, 0.2) is 0 Å². The molecule has 0 aromatic carbocycles. The van der Waals surface area contributed by atoms with Gasteiger partial charge in [-0.3, -0.25) is 0 Å². The maximum Gasteiger partial charge on any atom is 0.00925 e. The molecular weight excluding hydrogens is 158 g/mol. The second kappa shape index (κ2) is 8.55. The molecule has 1 atom stereocenters. The summed E-state index contributed by atoms with van der Waals surface area (Å²) in [7, 11) is 0. The minimum atomic E-state index is 0.838. The van der Waals surface area contributed by atoms with Gasteiger partial charge in [-0.25, -0.2) is 0 Å². The van der Waals surface area contributed by atoms with Gasteiger partial charge in [-0.05, 0) is 38.8 Å². The summed E-state index contributed by atoms with van der Waals surface area (Å²) in [4.78, 5) is 2.67. The van der Waals surface area contributed by atoms with Crippen molar-refractivity contribution < 1.29 is 0 Å². The molecule has 0 fully saturated rings. The molecular formula is C12H27N. The molecule has 0 amide bonds. The fraction of sp³-hybridized carbons (Fsp3) is 1.00. The van der Waals surface area contributed by atoms with E-state index in [4.69, 9.17) is 0 Å². The summed E-state index contributed by atoms with van der Waals surface area (Å²) < 4.78 is 0. The molecule has 0 aliphatic heterocycles. The lowest BCUT2D eigenvalue weighted by Gasteiger charge is -2.30. The van der Waals surface area contributed by atoms with Crippen LogP contribution in [0.1, 0.15) is 59.8 Å². The lowest BCUT2D eigenvalue weighted by Crippen LogP contribution is -2.36. The van der Waals surface area contributed by atoms with Gasteiger partial charge in [0.25, 0.3) is 0 Å². The highest BCUT2D eigenvalue weighted by molar-refractivity contribution is 4.69. The summed E-state index contributed by atoms with van der Waals surface area (Å²) in [6.45, 7) is 11.7. The Morgan fingerprint density at radius 3 is 1.69 bits per heavy atom. The largest absolute Gasteiger partial charge is 0.300 e. The quantitative estimate of drug-likeness (QED) is 0.557. The summed E-state index contributed by atoms with van der Waals surface area (Å²) in [6, 6.07) is 0.838. The normalized spacial score (nSPS) is 13.6. The van der Waals surface area contributed by atoms with Crippen molar-refractivity contribution in [2.24, 2.45) is 0 Å². The summed E-state index contributed by atoms with van der Waals surface area (Å²) in [5.74, 6) is 0. The highest BCUT2D eigenvalue weighted by atomic mass is 15.1. The van der Waals surface area contributed by atoms with E-state index in [0.717, 1.165) is 6.04 Å². The number of nitrogens with zero attached hydrogens (tertiary/aromatic N) is 1. The van der Waals surface area contributed by atoms with Gasteiger partial charge in [-0.1, -0.05) is 34.1 Å². The van der Waals surface area contributed by atoms with Crippen molar-refractivity contribution in [2.45, 2.75) is 65.8 Å². The number of hydrogen-bond acceptors (Lipinski definition) is 1. The molecule has 0 aliphatic rings. The molecule has 0 saturated heterocycles. The molecule has 0 aromatic rings. The van der Waals surface area contributed by atoms with Crippen molar-refractivity contribution in [1.82, 2.24) is 4.90 Å². The third kappa shape index (κ3) is 5.30. The van der Waals surface area contributed by atoms with Gasteiger partial charge in [0.15, 0.2) is 0 Å². The van der Waals surface area contributed by atoms with E-state index >= 15 is 0 Å². The van der Waals surface area contributed by atoms with E-state index in [1.165, 1.54) is 45.2 Å². The van der Waals surface area contributed by atoms with Crippen molar-refractivity contribution in [3.05, 3.63) is 0 Å². The highest BCUT2D eigenvalue weighted by Crippen LogP contribution is 2.11. The molecule has 80 valence electrons. The Labute approximate surface area is 84.5 Å². The minimum Gasteiger partial charge on any atom is -0.300 e. The highest BCUT2D eigenvalue weighted by Gasteiger charge is 2.13. The summed E-state index contributed by atoms with van der Waals surface area (Å²) in [5.41, 5.74) is 0. The third-order valence-corrected chi connectivity index (χ3v) is 2.63. The van der Waals surface area contributed by atoms with Crippen molar-refractivity contribution in [3.8, 4) is 0 Å². The van der Waals surface area contributed by atoms with Gasteiger partial charge in [-0.15, -0.1) is 0 Å². The molecule has 1 unspecified atom stereocenters. The van der Waals surface area contributed by atoms with Gasteiger partial charge >= 0.3 is 0 Å². The first-order valence-electron chi connectivity index (χ1n) is 6.04. The van der Waals surface area contributed by atoms with E-state index in [2.05, 4.69) is 32.6 Å². The van der Waals surface area contributed by atoms with Crippen LogP contribution in [0.4, 0.5) is 0 Å². The van der Waals surface area contributed by atoms with Crippen LogP contribution >= 0.6 is 0 Å². The van der Waals surface area contributed by atoms with E-state index in [-0.39, 0.29) is 0 Å². The number of rotatable bonds is 8. The predicted molar refractivity (Wildman–Crippen MR) is 61.1 cm³/mol. The summed E-state index contributed by atoms with van der Waals surface area (Å²) >= 11 is 0. The fourth-order valence-electron chi connectivity index (χ4n) is 2.03. The first-order valence-corrected chi connectivity index (χ1v) is 6.04. The van der Waals surface area contributed by atoms with Crippen LogP contribution in [0.2, 0.25) is 0 Å². The molecule has 1 nitrogen and oxygen atoms in total. The Morgan fingerprint density at radius 2 is 1.38 bits per heavy atom. The first-order chi connectivity index (χ1) is 6.29. The van der Waals surface area contributed by atoms with Gasteiger partial charge < -0.3 is 4.90 Å². The van der Waals surface area contributed by atoms with Gasteiger partial charge in [0.1, 0.15) is 0 Å². The molecule has 0 aliphatic carbocycles. The van der Waals surface area contributed by atoms with Crippen molar-refractivity contribution >= 4 is 0 Å². The Hall–Kier alpha value is -0.0400. The van der Waals surface area contributed by atoms with Gasteiger partial charge in [0, 0.05) is 6.04 Å². The Morgan fingerprint density at radius 1 is 0.846 bits per heavy atom. The van der Waals surface area contributed by atoms with E-state index in [1.54, 1.807) is 0 Å². The van der Waals surface area contributed by atoms with Crippen LogP contribution in [-0.2, 0) is 0 Å². The lowest BCUT2D eigenvalue weighted by atomic mass is 10.1. The monoisotopic (exact) mass is 185 g/mol. The number of hydrogen-bond donors (Lipinski definition) is 0. The smallest absolute Gasteiger partial charge is 0.00925 e. The summed E-state index contributed by atoms with van der Waals surface area (Å²) in [5, 5.41) is 0. The zero-order valence-corrected chi connectivity index (χ0v) is 9.97.